The molecule has 3 rings (SSSR count). The van der Waals surface area contributed by atoms with Crippen molar-refractivity contribution in [3.8, 4) is 5.75 Å². The number of esters is 1. The van der Waals surface area contributed by atoms with E-state index >= 15 is 0 Å². The molecule has 0 spiro atoms. The number of para-hydroxylation sites is 1. The van der Waals surface area contributed by atoms with Crippen molar-refractivity contribution < 1.29 is 19.1 Å². The van der Waals surface area contributed by atoms with Gasteiger partial charge in [0.25, 0.3) is 5.91 Å². The Morgan fingerprint density at radius 3 is 2.57 bits per heavy atom. The first-order valence-corrected chi connectivity index (χ1v) is 9.80. The molecule has 1 amide bonds. The van der Waals surface area contributed by atoms with E-state index in [0.29, 0.717) is 11.7 Å². The molecule has 0 N–H and O–H groups in total. The van der Waals surface area contributed by atoms with Crippen LogP contribution in [0, 0.1) is 5.92 Å². The number of hydrogen-bond acceptors (Lipinski definition) is 4. The summed E-state index contributed by atoms with van der Waals surface area (Å²) in [5.41, 5.74) is 2.17. The number of carbonyl (C=O) groups is 2. The molecular formula is C23H27NO4. The van der Waals surface area contributed by atoms with Crippen molar-refractivity contribution in [2.24, 2.45) is 5.92 Å². The van der Waals surface area contributed by atoms with Crippen LogP contribution in [0.5, 0.6) is 5.75 Å². The van der Waals surface area contributed by atoms with Gasteiger partial charge in [-0.3, -0.25) is 4.79 Å². The van der Waals surface area contributed by atoms with Gasteiger partial charge in [-0.05, 0) is 36.0 Å². The fourth-order valence-electron chi connectivity index (χ4n) is 3.43. The van der Waals surface area contributed by atoms with Crippen LogP contribution in [0.2, 0.25) is 0 Å². The molecule has 1 atom stereocenters. The third-order valence-electron chi connectivity index (χ3n) is 4.92. The summed E-state index contributed by atoms with van der Waals surface area (Å²) in [6.07, 6.45) is 2.86. The highest BCUT2D eigenvalue weighted by atomic mass is 16.6. The van der Waals surface area contributed by atoms with E-state index in [1.54, 1.807) is 4.90 Å². The van der Waals surface area contributed by atoms with Gasteiger partial charge in [0, 0.05) is 19.5 Å². The lowest BCUT2D eigenvalue weighted by molar-refractivity contribution is -0.154. The topological polar surface area (TPSA) is 55.8 Å². The van der Waals surface area contributed by atoms with Gasteiger partial charge in [0.05, 0.1) is 0 Å². The summed E-state index contributed by atoms with van der Waals surface area (Å²) in [5.74, 6) is 0.481. The Morgan fingerprint density at radius 2 is 1.79 bits per heavy atom. The number of ether oxygens (including phenoxy) is 2. The van der Waals surface area contributed by atoms with Crippen molar-refractivity contribution in [2.75, 3.05) is 26.3 Å². The number of piperidine rings is 1. The van der Waals surface area contributed by atoms with Crippen LogP contribution in [0.25, 0.3) is 0 Å². The van der Waals surface area contributed by atoms with E-state index in [1.165, 1.54) is 5.56 Å². The number of hydrogen-bond donors (Lipinski definition) is 0. The minimum Gasteiger partial charge on any atom is -0.482 e. The number of benzene rings is 2. The Labute approximate surface area is 166 Å². The van der Waals surface area contributed by atoms with Gasteiger partial charge >= 0.3 is 5.97 Å². The maximum atomic E-state index is 12.2. The van der Waals surface area contributed by atoms with Crippen molar-refractivity contribution in [3.05, 3.63) is 65.7 Å². The minimum atomic E-state index is -0.534. The Morgan fingerprint density at radius 1 is 1.04 bits per heavy atom. The predicted octanol–water partition coefficient (Wildman–Crippen LogP) is 3.46. The van der Waals surface area contributed by atoms with Crippen LogP contribution in [0.3, 0.4) is 0 Å². The van der Waals surface area contributed by atoms with E-state index in [1.807, 2.05) is 42.5 Å². The molecule has 1 aliphatic rings. The second-order valence-electron chi connectivity index (χ2n) is 7.31. The molecule has 1 aliphatic heterocycles. The van der Waals surface area contributed by atoms with Crippen molar-refractivity contribution >= 4 is 11.9 Å². The van der Waals surface area contributed by atoms with Crippen molar-refractivity contribution in [2.45, 2.75) is 26.2 Å². The molecule has 0 aliphatic carbocycles. The highest BCUT2D eigenvalue weighted by Gasteiger charge is 2.21. The third-order valence-corrected chi connectivity index (χ3v) is 4.92. The Hall–Kier alpha value is -2.82. The average molecular weight is 381 g/mol. The van der Waals surface area contributed by atoms with E-state index in [0.717, 1.165) is 37.9 Å². The van der Waals surface area contributed by atoms with Crippen molar-refractivity contribution in [1.29, 1.82) is 0 Å². The summed E-state index contributed by atoms with van der Waals surface area (Å²) in [4.78, 5) is 26.0. The molecule has 5 nitrogen and oxygen atoms in total. The summed E-state index contributed by atoms with van der Waals surface area (Å²) < 4.78 is 10.8. The third kappa shape index (κ3) is 5.84. The molecule has 1 unspecified atom stereocenters. The van der Waals surface area contributed by atoms with Gasteiger partial charge in [-0.2, -0.15) is 0 Å². The van der Waals surface area contributed by atoms with Crippen LogP contribution in [-0.4, -0.2) is 43.1 Å². The smallest absolute Gasteiger partial charge is 0.344 e. The predicted molar refractivity (Wildman–Crippen MR) is 107 cm³/mol. The molecule has 0 aromatic heterocycles. The lowest BCUT2D eigenvalue weighted by atomic mass is 10.0. The molecule has 2 aromatic rings. The van der Waals surface area contributed by atoms with E-state index < -0.39 is 5.97 Å². The monoisotopic (exact) mass is 381 g/mol. The molecular weight excluding hydrogens is 354 g/mol. The van der Waals surface area contributed by atoms with Gasteiger partial charge in [0.1, 0.15) is 5.75 Å². The van der Waals surface area contributed by atoms with Gasteiger partial charge in [0.2, 0.25) is 0 Å². The van der Waals surface area contributed by atoms with Gasteiger partial charge in [-0.25, -0.2) is 4.79 Å². The van der Waals surface area contributed by atoms with Crippen LogP contribution in [0.1, 0.15) is 30.9 Å². The molecule has 28 heavy (non-hydrogen) atoms. The summed E-state index contributed by atoms with van der Waals surface area (Å²) in [6, 6.07) is 17.7. The van der Waals surface area contributed by atoms with E-state index in [9.17, 15) is 9.59 Å². The van der Waals surface area contributed by atoms with Gasteiger partial charge in [0.15, 0.2) is 13.2 Å². The zero-order valence-corrected chi connectivity index (χ0v) is 16.3. The Kier molecular flexibility index (Phi) is 7.06. The fraction of sp³-hybridized carbons (Fsp3) is 0.391. The second kappa shape index (κ2) is 9.93. The number of nitrogens with zero attached hydrogens (tertiary/aromatic N) is 1. The molecule has 148 valence electrons. The first-order chi connectivity index (χ1) is 13.6. The lowest BCUT2D eigenvalue weighted by Crippen LogP contribution is -2.41. The molecule has 1 saturated heterocycles. The highest BCUT2D eigenvalue weighted by Crippen LogP contribution is 2.21. The molecule has 2 aromatic carbocycles. The van der Waals surface area contributed by atoms with E-state index in [4.69, 9.17) is 9.47 Å². The second-order valence-corrected chi connectivity index (χ2v) is 7.31. The maximum Gasteiger partial charge on any atom is 0.344 e. The Balaban J connectivity index is 1.47. The fourth-order valence-corrected chi connectivity index (χ4v) is 3.43. The maximum absolute atomic E-state index is 12.2. The molecule has 0 radical (unpaired) electrons. The summed E-state index contributed by atoms with van der Waals surface area (Å²) >= 11 is 0. The van der Waals surface area contributed by atoms with E-state index in [2.05, 4.69) is 19.1 Å². The molecule has 1 fully saturated rings. The minimum absolute atomic E-state index is 0.135. The van der Waals surface area contributed by atoms with Crippen LogP contribution in [0.15, 0.2) is 54.6 Å². The summed E-state index contributed by atoms with van der Waals surface area (Å²) in [7, 11) is 0. The SMILES string of the molecule is CC1CCCN(C(=O)COC(=O)COc2ccccc2Cc2ccccc2)C1. The van der Waals surface area contributed by atoms with Crippen LogP contribution in [-0.2, 0) is 20.7 Å². The van der Waals surface area contributed by atoms with Crippen molar-refractivity contribution in [3.63, 3.8) is 0 Å². The number of amides is 1. The van der Waals surface area contributed by atoms with Gasteiger partial charge < -0.3 is 14.4 Å². The summed E-state index contributed by atoms with van der Waals surface area (Å²) in [6.45, 7) is 3.17. The highest BCUT2D eigenvalue weighted by molar-refractivity contribution is 5.81. The van der Waals surface area contributed by atoms with E-state index in [-0.39, 0.29) is 19.1 Å². The lowest BCUT2D eigenvalue weighted by Gasteiger charge is -2.30. The standard InChI is InChI=1S/C23H27NO4/c1-18-8-7-13-24(15-18)22(25)16-28-23(26)17-27-21-12-6-5-11-20(21)14-19-9-3-2-4-10-19/h2-6,9-12,18H,7-8,13-17H2,1H3. The molecule has 1 heterocycles. The summed E-state index contributed by atoms with van der Waals surface area (Å²) in [5, 5.41) is 0. The molecule has 0 saturated carbocycles. The van der Waals surface area contributed by atoms with Gasteiger partial charge in [-0.1, -0.05) is 55.5 Å². The zero-order chi connectivity index (χ0) is 19.8. The van der Waals surface area contributed by atoms with Crippen LogP contribution < -0.4 is 4.74 Å². The zero-order valence-electron chi connectivity index (χ0n) is 16.3. The number of likely N-dealkylation sites (tertiary alicyclic amines) is 1. The van der Waals surface area contributed by atoms with Crippen LogP contribution >= 0.6 is 0 Å². The largest absolute Gasteiger partial charge is 0.482 e. The quantitative estimate of drug-likeness (QED) is 0.689. The Bertz CT molecular complexity index is 790. The van der Waals surface area contributed by atoms with Gasteiger partial charge in [-0.15, -0.1) is 0 Å². The van der Waals surface area contributed by atoms with Crippen molar-refractivity contribution in [1.82, 2.24) is 4.90 Å². The first-order valence-electron chi connectivity index (χ1n) is 9.80. The molecule has 5 heteroatoms. The normalized spacial score (nSPS) is 16.5. The first kappa shape index (κ1) is 19.9. The number of rotatable bonds is 7. The molecule has 0 bridgehead atoms. The number of carbonyl (C=O) groups excluding carboxylic acids is 2. The average Bonchev–Trinajstić information content (AvgIpc) is 2.72. The van der Waals surface area contributed by atoms with Crippen LogP contribution in [0.4, 0.5) is 0 Å².